The van der Waals surface area contributed by atoms with Crippen molar-refractivity contribution in [3.05, 3.63) is 35.9 Å². The molecule has 4 nitrogen and oxygen atoms in total. The Labute approximate surface area is 101 Å². The molecule has 88 valence electrons. The first-order valence-electron chi connectivity index (χ1n) is 5.75. The van der Waals surface area contributed by atoms with E-state index >= 15 is 0 Å². The summed E-state index contributed by atoms with van der Waals surface area (Å²) in [4.78, 5) is 12.8. The summed E-state index contributed by atoms with van der Waals surface area (Å²) in [5.74, 6) is 1.33. The normalized spacial score (nSPS) is 10.5. The van der Waals surface area contributed by atoms with Crippen LogP contribution in [0.2, 0.25) is 0 Å². The molecule has 0 saturated carbocycles. The highest BCUT2D eigenvalue weighted by Gasteiger charge is 2.06. The fourth-order valence-electron chi connectivity index (χ4n) is 1.75. The maximum absolute atomic E-state index is 5.81. The highest BCUT2D eigenvalue weighted by molar-refractivity contribution is 5.64. The Morgan fingerprint density at radius 2 is 2.12 bits per heavy atom. The number of rotatable bonds is 3. The Morgan fingerprint density at radius 1 is 1.29 bits per heavy atom. The molecule has 0 aliphatic heterocycles. The van der Waals surface area contributed by atoms with Crippen molar-refractivity contribution in [1.29, 1.82) is 0 Å². The Balaban J connectivity index is 2.48. The Bertz CT molecular complexity index is 523. The van der Waals surface area contributed by atoms with E-state index in [0.29, 0.717) is 5.82 Å². The van der Waals surface area contributed by atoms with E-state index in [0.717, 1.165) is 35.5 Å². The molecule has 2 aromatic rings. The topological polar surface area (TPSA) is 64.7 Å². The quantitative estimate of drug-likeness (QED) is 0.876. The van der Waals surface area contributed by atoms with Crippen molar-refractivity contribution in [3.8, 4) is 11.3 Å². The second kappa shape index (κ2) is 4.91. The summed E-state index contributed by atoms with van der Waals surface area (Å²) in [6, 6.07) is 3.76. The summed E-state index contributed by atoms with van der Waals surface area (Å²) in [6.07, 6.45) is 5.45. The third-order valence-corrected chi connectivity index (χ3v) is 2.56. The van der Waals surface area contributed by atoms with E-state index in [4.69, 9.17) is 5.73 Å². The van der Waals surface area contributed by atoms with Crippen LogP contribution in [0.1, 0.15) is 24.7 Å². The molecule has 0 radical (unpaired) electrons. The number of aryl methyl sites for hydroxylation is 2. The van der Waals surface area contributed by atoms with E-state index in [1.165, 1.54) is 0 Å². The molecule has 0 spiro atoms. The first-order chi connectivity index (χ1) is 8.20. The van der Waals surface area contributed by atoms with Gasteiger partial charge in [-0.2, -0.15) is 0 Å². The van der Waals surface area contributed by atoms with E-state index in [9.17, 15) is 0 Å². The monoisotopic (exact) mass is 228 g/mol. The van der Waals surface area contributed by atoms with Crippen LogP contribution >= 0.6 is 0 Å². The van der Waals surface area contributed by atoms with Crippen molar-refractivity contribution < 1.29 is 0 Å². The van der Waals surface area contributed by atoms with Crippen LogP contribution in [0.3, 0.4) is 0 Å². The SMILES string of the molecule is CCCc1nc(N)cc(-c2ccncc2C)n1. The van der Waals surface area contributed by atoms with Crippen LogP contribution in [-0.2, 0) is 6.42 Å². The van der Waals surface area contributed by atoms with Crippen LogP contribution in [0.25, 0.3) is 11.3 Å². The zero-order valence-electron chi connectivity index (χ0n) is 10.1. The fraction of sp³-hybridized carbons (Fsp3) is 0.308. The van der Waals surface area contributed by atoms with Gasteiger partial charge >= 0.3 is 0 Å². The van der Waals surface area contributed by atoms with Crippen molar-refractivity contribution in [2.75, 3.05) is 5.73 Å². The van der Waals surface area contributed by atoms with Crippen molar-refractivity contribution in [2.45, 2.75) is 26.7 Å². The molecule has 0 fully saturated rings. The third-order valence-electron chi connectivity index (χ3n) is 2.56. The standard InChI is InChI=1S/C13H16N4/c1-3-4-13-16-11(7-12(14)17-13)10-5-6-15-8-9(10)2/h5-8H,3-4H2,1-2H3,(H2,14,16,17). The first kappa shape index (κ1) is 11.5. The minimum atomic E-state index is 0.523. The molecule has 0 atom stereocenters. The number of aromatic nitrogens is 3. The molecule has 0 saturated heterocycles. The number of nitrogen functional groups attached to an aromatic ring is 1. The summed E-state index contributed by atoms with van der Waals surface area (Å²) in [6.45, 7) is 4.12. The van der Waals surface area contributed by atoms with Crippen LogP contribution < -0.4 is 5.73 Å². The lowest BCUT2D eigenvalue weighted by molar-refractivity contribution is 0.839. The molecule has 0 bridgehead atoms. The lowest BCUT2D eigenvalue weighted by atomic mass is 10.1. The first-order valence-corrected chi connectivity index (χ1v) is 5.75. The highest BCUT2D eigenvalue weighted by Crippen LogP contribution is 2.21. The number of pyridine rings is 1. The van der Waals surface area contributed by atoms with E-state index in [1.807, 2.05) is 25.3 Å². The van der Waals surface area contributed by atoms with E-state index < -0.39 is 0 Å². The molecule has 0 amide bonds. The second-order valence-corrected chi connectivity index (χ2v) is 4.03. The highest BCUT2D eigenvalue weighted by atomic mass is 14.9. The molecule has 0 aliphatic rings. The number of nitrogens with two attached hydrogens (primary N) is 1. The molecular formula is C13H16N4. The van der Waals surface area contributed by atoms with Crippen molar-refractivity contribution in [3.63, 3.8) is 0 Å². The van der Waals surface area contributed by atoms with Crippen molar-refractivity contribution in [2.24, 2.45) is 0 Å². The molecule has 0 aromatic carbocycles. The average molecular weight is 228 g/mol. The van der Waals surface area contributed by atoms with Gasteiger partial charge in [0, 0.05) is 30.4 Å². The molecule has 2 aromatic heterocycles. The molecule has 2 N–H and O–H groups in total. The van der Waals surface area contributed by atoms with E-state index in [2.05, 4.69) is 21.9 Å². The van der Waals surface area contributed by atoms with Gasteiger partial charge in [-0.3, -0.25) is 4.98 Å². The number of hydrogen-bond acceptors (Lipinski definition) is 4. The summed E-state index contributed by atoms with van der Waals surface area (Å²) >= 11 is 0. The minimum Gasteiger partial charge on any atom is -0.384 e. The Hall–Kier alpha value is -1.97. The summed E-state index contributed by atoms with van der Waals surface area (Å²) in [5.41, 5.74) is 8.84. The summed E-state index contributed by atoms with van der Waals surface area (Å²) < 4.78 is 0. The molecule has 0 aliphatic carbocycles. The van der Waals surface area contributed by atoms with Gasteiger partial charge < -0.3 is 5.73 Å². The van der Waals surface area contributed by atoms with Crippen molar-refractivity contribution >= 4 is 5.82 Å². The van der Waals surface area contributed by atoms with Gasteiger partial charge in [0.25, 0.3) is 0 Å². The average Bonchev–Trinajstić information content (AvgIpc) is 2.29. The van der Waals surface area contributed by atoms with Gasteiger partial charge in [0.15, 0.2) is 0 Å². The fourth-order valence-corrected chi connectivity index (χ4v) is 1.75. The molecule has 17 heavy (non-hydrogen) atoms. The van der Waals surface area contributed by atoms with E-state index in [1.54, 1.807) is 6.20 Å². The Morgan fingerprint density at radius 3 is 2.82 bits per heavy atom. The maximum Gasteiger partial charge on any atom is 0.131 e. The van der Waals surface area contributed by atoms with Crippen LogP contribution in [0.15, 0.2) is 24.5 Å². The zero-order chi connectivity index (χ0) is 12.3. The van der Waals surface area contributed by atoms with Gasteiger partial charge in [0.1, 0.15) is 11.6 Å². The summed E-state index contributed by atoms with van der Waals surface area (Å²) in [7, 11) is 0. The number of hydrogen-bond donors (Lipinski definition) is 1. The van der Waals surface area contributed by atoms with Crippen LogP contribution in [0.5, 0.6) is 0 Å². The molecule has 0 unspecified atom stereocenters. The molecule has 2 heterocycles. The van der Waals surface area contributed by atoms with E-state index in [-0.39, 0.29) is 0 Å². The zero-order valence-corrected chi connectivity index (χ0v) is 10.1. The molecule has 2 rings (SSSR count). The van der Waals surface area contributed by atoms with Crippen molar-refractivity contribution in [1.82, 2.24) is 15.0 Å². The smallest absolute Gasteiger partial charge is 0.131 e. The van der Waals surface area contributed by atoms with Crippen LogP contribution in [-0.4, -0.2) is 15.0 Å². The lowest BCUT2D eigenvalue weighted by Crippen LogP contribution is -2.01. The predicted molar refractivity (Wildman–Crippen MR) is 68.4 cm³/mol. The van der Waals surface area contributed by atoms with Crippen LogP contribution in [0.4, 0.5) is 5.82 Å². The minimum absolute atomic E-state index is 0.523. The van der Waals surface area contributed by atoms with Gasteiger partial charge in [0.2, 0.25) is 0 Å². The molecule has 4 heteroatoms. The third kappa shape index (κ3) is 2.58. The van der Waals surface area contributed by atoms with Gasteiger partial charge in [-0.15, -0.1) is 0 Å². The lowest BCUT2D eigenvalue weighted by Gasteiger charge is -2.07. The maximum atomic E-state index is 5.81. The van der Waals surface area contributed by atoms with Crippen LogP contribution in [0, 0.1) is 6.92 Å². The van der Waals surface area contributed by atoms with Gasteiger partial charge in [-0.25, -0.2) is 9.97 Å². The number of nitrogens with zero attached hydrogens (tertiary/aromatic N) is 3. The Kier molecular flexibility index (Phi) is 3.32. The summed E-state index contributed by atoms with van der Waals surface area (Å²) in [5, 5.41) is 0. The second-order valence-electron chi connectivity index (χ2n) is 4.03. The van der Waals surface area contributed by atoms with Gasteiger partial charge in [-0.05, 0) is 25.0 Å². The molecular weight excluding hydrogens is 212 g/mol. The van der Waals surface area contributed by atoms with Gasteiger partial charge in [-0.1, -0.05) is 6.92 Å². The predicted octanol–water partition coefficient (Wildman–Crippen LogP) is 2.38. The van der Waals surface area contributed by atoms with Gasteiger partial charge in [0.05, 0.1) is 5.69 Å². The number of anilines is 1. The largest absolute Gasteiger partial charge is 0.384 e.